The molecular weight excluding hydrogens is 428 g/mol. The van der Waals surface area contributed by atoms with E-state index < -0.39 is 76.1 Å². The smallest absolute Gasteiger partial charge is 0.382 e. The largest absolute Gasteiger partial charge is 0.425 e. The molecule has 0 heterocycles. The Morgan fingerprint density at radius 3 is 0.862 bits per heavy atom. The number of ether oxygens (including phenoxy) is 1. The minimum absolute atomic E-state index is 0.844. The standard InChI is InChI=1S/C12BF11.C4H10O/c14-3-1(4(15)8(19)11(22)7(3)18)13(24)2-5(16)9(20)12(23)10(21)6(2)17;1-3-5-4-2/h;3-4H2,1-2H3. The van der Waals surface area contributed by atoms with Crippen LogP contribution in [0.5, 0.6) is 0 Å². The van der Waals surface area contributed by atoms with E-state index in [0.29, 0.717) is 0 Å². The number of hydrogen-bond acceptors (Lipinski definition) is 1. The van der Waals surface area contributed by atoms with Gasteiger partial charge in [-0.15, -0.1) is 0 Å². The first-order valence-corrected chi connectivity index (χ1v) is 7.68. The number of benzene rings is 2. The molecule has 0 amide bonds. The quantitative estimate of drug-likeness (QED) is 0.301. The molecule has 0 bridgehead atoms. The highest BCUT2D eigenvalue weighted by Crippen LogP contribution is 2.20. The lowest BCUT2D eigenvalue weighted by Crippen LogP contribution is -2.48. The van der Waals surface area contributed by atoms with E-state index in [1.165, 1.54) is 0 Å². The molecule has 0 N–H and O–H groups in total. The molecule has 0 unspecified atom stereocenters. The second-order valence-electron chi connectivity index (χ2n) is 5.11. The summed E-state index contributed by atoms with van der Waals surface area (Å²) in [5.41, 5.74) is -4.79. The van der Waals surface area contributed by atoms with Crippen LogP contribution in [0, 0.1) is 58.2 Å². The molecule has 0 aliphatic heterocycles. The van der Waals surface area contributed by atoms with Gasteiger partial charge in [-0.25, -0.2) is 43.9 Å². The van der Waals surface area contributed by atoms with Crippen LogP contribution in [0.15, 0.2) is 0 Å². The summed E-state index contributed by atoms with van der Waals surface area (Å²) in [5, 5.41) is 0. The molecule has 0 aromatic heterocycles. The van der Waals surface area contributed by atoms with Gasteiger partial charge < -0.3 is 9.05 Å². The van der Waals surface area contributed by atoms with E-state index in [0.717, 1.165) is 13.2 Å². The van der Waals surface area contributed by atoms with E-state index in [1.807, 2.05) is 13.8 Å². The average Bonchev–Trinajstić information content (AvgIpc) is 2.69. The fraction of sp³-hybridized carbons (Fsp3) is 0.250. The van der Waals surface area contributed by atoms with Crippen LogP contribution in [0.25, 0.3) is 0 Å². The van der Waals surface area contributed by atoms with Gasteiger partial charge >= 0.3 is 6.99 Å². The van der Waals surface area contributed by atoms with Crippen LogP contribution in [-0.4, -0.2) is 20.2 Å². The van der Waals surface area contributed by atoms with Gasteiger partial charge in [0.1, 0.15) is 0 Å². The van der Waals surface area contributed by atoms with Gasteiger partial charge in [-0.2, -0.15) is 0 Å². The van der Waals surface area contributed by atoms with Crippen LogP contribution in [0.2, 0.25) is 0 Å². The van der Waals surface area contributed by atoms with Gasteiger partial charge in [0.25, 0.3) is 0 Å². The molecule has 0 aliphatic rings. The zero-order valence-electron chi connectivity index (χ0n) is 14.6. The van der Waals surface area contributed by atoms with Crippen LogP contribution >= 0.6 is 0 Å². The first kappa shape index (κ1) is 24.7. The van der Waals surface area contributed by atoms with Gasteiger partial charge in [-0.1, -0.05) is 0 Å². The maximum Gasteiger partial charge on any atom is 0.425 e. The Bertz CT molecular complexity index is 774. The predicted octanol–water partition coefficient (Wildman–Crippen LogP) is 4.20. The van der Waals surface area contributed by atoms with Gasteiger partial charge in [0.05, 0.1) is 0 Å². The van der Waals surface area contributed by atoms with Crippen molar-refractivity contribution < 1.29 is 53.0 Å². The first-order chi connectivity index (χ1) is 13.4. The Labute approximate surface area is 157 Å². The van der Waals surface area contributed by atoms with Crippen molar-refractivity contribution in [1.82, 2.24) is 0 Å². The highest BCUT2D eigenvalue weighted by molar-refractivity contribution is 6.79. The van der Waals surface area contributed by atoms with Crippen molar-refractivity contribution in [2.24, 2.45) is 0 Å². The summed E-state index contributed by atoms with van der Waals surface area (Å²) in [6.07, 6.45) is 0. The number of rotatable bonds is 4. The Hall–Kier alpha value is -2.31. The summed E-state index contributed by atoms with van der Waals surface area (Å²) in [5.74, 6) is -27.3. The van der Waals surface area contributed by atoms with Crippen molar-refractivity contribution >= 4 is 17.9 Å². The average molecular weight is 438 g/mol. The van der Waals surface area contributed by atoms with Crippen LogP contribution in [0.4, 0.5) is 48.2 Å². The highest BCUT2D eigenvalue weighted by Gasteiger charge is 2.40. The summed E-state index contributed by atoms with van der Waals surface area (Å²) < 4.78 is 150. The molecule has 160 valence electrons. The Morgan fingerprint density at radius 1 is 0.483 bits per heavy atom. The molecule has 0 saturated carbocycles. The van der Waals surface area contributed by atoms with Crippen molar-refractivity contribution in [3.8, 4) is 0 Å². The van der Waals surface area contributed by atoms with Gasteiger partial charge in [-0.3, -0.25) is 0 Å². The van der Waals surface area contributed by atoms with Crippen molar-refractivity contribution in [2.45, 2.75) is 13.8 Å². The molecule has 29 heavy (non-hydrogen) atoms. The summed E-state index contributed by atoms with van der Waals surface area (Å²) >= 11 is 0. The lowest BCUT2D eigenvalue weighted by molar-refractivity contribution is 0.162. The third-order valence-corrected chi connectivity index (χ3v) is 3.40. The zero-order valence-corrected chi connectivity index (χ0v) is 14.6. The van der Waals surface area contributed by atoms with Crippen molar-refractivity contribution in [3.63, 3.8) is 0 Å². The zero-order chi connectivity index (χ0) is 22.6. The van der Waals surface area contributed by atoms with E-state index in [9.17, 15) is 48.2 Å². The SMILES string of the molecule is CCOCC.FB(c1c(F)c(F)c(F)c(F)c1F)c1c(F)c(F)c(F)c(F)c1F. The monoisotopic (exact) mass is 438 g/mol. The normalized spacial score (nSPS) is 10.7. The molecule has 0 aliphatic carbocycles. The summed E-state index contributed by atoms with van der Waals surface area (Å²) in [4.78, 5) is 0. The van der Waals surface area contributed by atoms with E-state index in [4.69, 9.17) is 4.74 Å². The lowest BCUT2D eigenvalue weighted by Gasteiger charge is -2.13. The minimum Gasteiger partial charge on any atom is -0.382 e. The van der Waals surface area contributed by atoms with E-state index in [1.54, 1.807) is 0 Å². The molecular formula is C16H10BF11O. The third-order valence-electron chi connectivity index (χ3n) is 3.40. The summed E-state index contributed by atoms with van der Waals surface area (Å²) in [6.45, 7) is 1.80. The molecule has 0 atom stereocenters. The van der Waals surface area contributed by atoms with Crippen LogP contribution in [0.1, 0.15) is 13.8 Å². The first-order valence-electron chi connectivity index (χ1n) is 7.68. The maximum absolute atomic E-state index is 14.0. The van der Waals surface area contributed by atoms with E-state index >= 15 is 0 Å². The lowest BCUT2D eigenvalue weighted by atomic mass is 9.57. The Morgan fingerprint density at radius 2 is 0.690 bits per heavy atom. The molecule has 1 nitrogen and oxygen atoms in total. The van der Waals surface area contributed by atoms with E-state index in [2.05, 4.69) is 0 Å². The van der Waals surface area contributed by atoms with Crippen LogP contribution in [-0.2, 0) is 4.74 Å². The molecule has 0 saturated heterocycles. The fourth-order valence-corrected chi connectivity index (χ4v) is 2.04. The van der Waals surface area contributed by atoms with Gasteiger partial charge in [0, 0.05) is 24.1 Å². The summed E-state index contributed by atoms with van der Waals surface area (Å²) in [7, 11) is 0. The van der Waals surface area contributed by atoms with Crippen molar-refractivity contribution in [2.75, 3.05) is 13.2 Å². The Balaban J connectivity index is 0.000000749. The molecule has 2 aromatic carbocycles. The van der Waals surface area contributed by atoms with Crippen molar-refractivity contribution in [3.05, 3.63) is 58.2 Å². The minimum atomic E-state index is -3.86. The van der Waals surface area contributed by atoms with Gasteiger partial charge in [0.2, 0.25) is 0 Å². The highest BCUT2D eigenvalue weighted by atomic mass is 19.2. The van der Waals surface area contributed by atoms with Crippen molar-refractivity contribution in [1.29, 1.82) is 0 Å². The molecule has 2 aromatic rings. The second kappa shape index (κ2) is 9.94. The third kappa shape index (κ3) is 4.65. The molecule has 0 spiro atoms. The maximum atomic E-state index is 14.0. The topological polar surface area (TPSA) is 9.23 Å². The molecule has 13 heteroatoms. The van der Waals surface area contributed by atoms with Crippen LogP contribution in [0.3, 0.4) is 0 Å². The molecule has 2 rings (SSSR count). The summed E-state index contributed by atoms with van der Waals surface area (Å²) in [6, 6.07) is 0. The second-order valence-corrected chi connectivity index (χ2v) is 5.11. The van der Waals surface area contributed by atoms with Gasteiger partial charge in [0.15, 0.2) is 58.2 Å². The van der Waals surface area contributed by atoms with Crippen LogP contribution < -0.4 is 10.9 Å². The molecule has 0 radical (unpaired) electrons. The number of halogens is 11. The Kier molecular flexibility index (Phi) is 8.48. The van der Waals surface area contributed by atoms with E-state index in [-0.39, 0.29) is 0 Å². The number of hydrogen-bond donors (Lipinski definition) is 0. The van der Waals surface area contributed by atoms with Gasteiger partial charge in [-0.05, 0) is 13.8 Å². The fourth-order valence-electron chi connectivity index (χ4n) is 2.04. The molecule has 0 fully saturated rings. The predicted molar refractivity (Wildman–Crippen MR) is 80.8 cm³/mol.